The largest absolute Gasteiger partial charge is 0.733 e. The van der Waals surface area contributed by atoms with Crippen LogP contribution in [-0.2, 0) is 9.47 Å². The van der Waals surface area contributed by atoms with Crippen LogP contribution in [0, 0.1) is 22.5 Å². The molecule has 3 aliphatic rings. The van der Waals surface area contributed by atoms with E-state index in [1.807, 2.05) is 0 Å². The van der Waals surface area contributed by atoms with Crippen molar-refractivity contribution in [2.75, 3.05) is 18.4 Å². The highest BCUT2D eigenvalue weighted by molar-refractivity contribution is 5.45. The van der Waals surface area contributed by atoms with Gasteiger partial charge in [0.2, 0.25) is 0 Å². The molecule has 2 bridgehead atoms. The molecule has 1 spiro atoms. The summed E-state index contributed by atoms with van der Waals surface area (Å²) in [6.45, 7) is 1.44. The average molecular weight is 288 g/mol. The molecule has 1 aromatic carbocycles. The van der Waals surface area contributed by atoms with Gasteiger partial charge >= 0.3 is 0 Å². The van der Waals surface area contributed by atoms with Crippen LogP contribution in [-0.4, -0.2) is 18.4 Å². The molecule has 2 fully saturated rings. The molecule has 1 saturated heterocycles. The maximum absolute atomic E-state index is 10.8. The number of hydrogen-bond donors (Lipinski definition) is 1. The lowest BCUT2D eigenvalue weighted by Gasteiger charge is -2.41. The molecule has 1 aromatic rings. The second-order valence-electron chi connectivity index (χ2n) is 6.37. The SMILES string of the molecule is [O-]N(O)c1ccc(C2OCC3(CO2)C[C@@H]2C=C[C@@H]3C2)cc1. The Morgan fingerprint density at radius 1 is 1.14 bits per heavy atom. The number of hydrogen-bond acceptors (Lipinski definition) is 5. The quantitative estimate of drug-likeness (QED) is 0.669. The normalized spacial score (nSPS) is 37.3. The first-order valence-corrected chi connectivity index (χ1v) is 7.34. The van der Waals surface area contributed by atoms with Crippen molar-refractivity contribution in [1.29, 1.82) is 0 Å². The zero-order valence-corrected chi connectivity index (χ0v) is 11.6. The number of fused-ring (bicyclic) bond motifs is 3. The van der Waals surface area contributed by atoms with Gasteiger partial charge < -0.3 is 19.9 Å². The summed E-state index contributed by atoms with van der Waals surface area (Å²) >= 11 is 0. The Labute approximate surface area is 123 Å². The molecule has 1 heterocycles. The van der Waals surface area contributed by atoms with Crippen LogP contribution in [0.3, 0.4) is 0 Å². The summed E-state index contributed by atoms with van der Waals surface area (Å²) in [6.07, 6.45) is 6.66. The monoisotopic (exact) mass is 288 g/mol. The van der Waals surface area contributed by atoms with Crippen LogP contribution in [0.15, 0.2) is 36.4 Å². The molecule has 5 nitrogen and oxygen atoms in total. The second kappa shape index (κ2) is 4.81. The lowest BCUT2D eigenvalue weighted by molar-refractivity contribution is -0.239. The van der Waals surface area contributed by atoms with Gasteiger partial charge in [0, 0.05) is 11.0 Å². The standard InChI is InChI=1S/C16H18NO4/c18-17(19)14-5-2-12(3-6-14)15-20-9-16(10-21-15)8-11-1-4-13(16)7-11/h1-6,11,13,15,18H,7-10H2/q-1/t11-,13-,15?,16?/m1/s1. The summed E-state index contributed by atoms with van der Waals surface area (Å²) in [5, 5.41) is 19.5. The minimum atomic E-state index is -0.383. The molecular weight excluding hydrogens is 270 g/mol. The summed E-state index contributed by atoms with van der Waals surface area (Å²) in [5.41, 5.74) is 1.23. The fourth-order valence-corrected chi connectivity index (χ4v) is 3.91. The Morgan fingerprint density at radius 2 is 1.86 bits per heavy atom. The third kappa shape index (κ3) is 2.17. The van der Waals surface area contributed by atoms with Crippen LogP contribution >= 0.6 is 0 Å². The molecule has 4 rings (SSSR count). The molecule has 1 N–H and O–H groups in total. The number of nitrogens with zero attached hydrogens (tertiary/aromatic N) is 1. The molecule has 1 aliphatic heterocycles. The predicted molar refractivity (Wildman–Crippen MR) is 76.5 cm³/mol. The van der Waals surface area contributed by atoms with E-state index in [0.29, 0.717) is 11.8 Å². The van der Waals surface area contributed by atoms with Crippen LogP contribution < -0.4 is 5.23 Å². The molecule has 21 heavy (non-hydrogen) atoms. The number of rotatable bonds is 2. The number of anilines is 1. The smallest absolute Gasteiger partial charge is 0.183 e. The third-order valence-corrected chi connectivity index (χ3v) is 5.06. The molecular formula is C16H18NO4-. The van der Waals surface area contributed by atoms with Gasteiger partial charge in [-0.1, -0.05) is 24.3 Å². The van der Waals surface area contributed by atoms with Gasteiger partial charge in [-0.15, -0.1) is 0 Å². The van der Waals surface area contributed by atoms with Crippen molar-refractivity contribution in [3.8, 4) is 0 Å². The van der Waals surface area contributed by atoms with Crippen LogP contribution in [0.5, 0.6) is 0 Å². The van der Waals surface area contributed by atoms with Gasteiger partial charge in [-0.3, -0.25) is 5.21 Å². The van der Waals surface area contributed by atoms with Gasteiger partial charge in [0.25, 0.3) is 0 Å². The van der Waals surface area contributed by atoms with Gasteiger partial charge in [0.1, 0.15) is 0 Å². The number of benzene rings is 1. The maximum Gasteiger partial charge on any atom is 0.183 e. The molecule has 0 aromatic heterocycles. The zero-order chi connectivity index (χ0) is 14.4. The van der Waals surface area contributed by atoms with E-state index in [9.17, 15) is 5.21 Å². The van der Waals surface area contributed by atoms with E-state index in [4.69, 9.17) is 14.7 Å². The van der Waals surface area contributed by atoms with Gasteiger partial charge in [0.15, 0.2) is 6.29 Å². The highest BCUT2D eigenvalue weighted by Gasteiger charge is 2.51. The van der Waals surface area contributed by atoms with E-state index in [1.165, 1.54) is 6.42 Å². The van der Waals surface area contributed by atoms with E-state index in [0.717, 1.165) is 25.2 Å². The van der Waals surface area contributed by atoms with Crippen molar-refractivity contribution < 1.29 is 14.7 Å². The third-order valence-electron chi connectivity index (χ3n) is 5.06. The minimum Gasteiger partial charge on any atom is -0.733 e. The molecule has 0 amide bonds. The summed E-state index contributed by atoms with van der Waals surface area (Å²) in [4.78, 5) is 0. The first-order chi connectivity index (χ1) is 10.2. The summed E-state index contributed by atoms with van der Waals surface area (Å²) in [6, 6.07) is 6.61. The Balaban J connectivity index is 1.44. The Bertz CT molecular complexity index is 546. The summed E-state index contributed by atoms with van der Waals surface area (Å²) < 4.78 is 11.9. The van der Waals surface area contributed by atoms with Crippen LogP contribution in [0.1, 0.15) is 24.7 Å². The minimum absolute atomic E-state index is 0.150. The molecule has 2 atom stereocenters. The first-order valence-electron chi connectivity index (χ1n) is 7.34. The van der Waals surface area contributed by atoms with Crippen molar-refractivity contribution in [1.82, 2.24) is 0 Å². The fourth-order valence-electron chi connectivity index (χ4n) is 3.91. The molecule has 0 radical (unpaired) electrons. The van der Waals surface area contributed by atoms with Crippen molar-refractivity contribution in [2.45, 2.75) is 19.1 Å². The van der Waals surface area contributed by atoms with Crippen LogP contribution in [0.25, 0.3) is 0 Å². The fraction of sp³-hybridized carbons (Fsp3) is 0.500. The topological polar surface area (TPSA) is 65.0 Å². The highest BCUT2D eigenvalue weighted by Crippen LogP contribution is 2.54. The lowest BCUT2D eigenvalue weighted by atomic mass is 9.76. The van der Waals surface area contributed by atoms with Gasteiger partial charge in [-0.25, -0.2) is 0 Å². The van der Waals surface area contributed by atoms with Gasteiger partial charge in [-0.2, -0.15) is 0 Å². The highest BCUT2D eigenvalue weighted by atomic mass is 16.8. The molecule has 1 saturated carbocycles. The predicted octanol–water partition coefficient (Wildman–Crippen LogP) is 3.01. The van der Waals surface area contributed by atoms with Crippen molar-refractivity contribution in [2.24, 2.45) is 17.3 Å². The van der Waals surface area contributed by atoms with E-state index in [-0.39, 0.29) is 22.6 Å². The Kier molecular flexibility index (Phi) is 3.04. The van der Waals surface area contributed by atoms with Crippen molar-refractivity contribution >= 4 is 5.69 Å². The summed E-state index contributed by atoms with van der Waals surface area (Å²) in [5.74, 6) is 1.29. The average Bonchev–Trinajstić information content (AvgIpc) is 3.09. The van der Waals surface area contributed by atoms with Gasteiger partial charge in [-0.05, 0) is 36.8 Å². The molecule has 0 unspecified atom stereocenters. The first kappa shape index (κ1) is 13.3. The molecule has 2 aliphatic carbocycles. The molecule has 112 valence electrons. The van der Waals surface area contributed by atoms with E-state index >= 15 is 0 Å². The lowest BCUT2D eigenvalue weighted by Crippen LogP contribution is -2.41. The number of allylic oxidation sites excluding steroid dienone is 2. The van der Waals surface area contributed by atoms with E-state index in [2.05, 4.69) is 12.2 Å². The summed E-state index contributed by atoms with van der Waals surface area (Å²) in [7, 11) is 0. The zero-order valence-electron chi connectivity index (χ0n) is 11.6. The molecule has 5 heteroatoms. The van der Waals surface area contributed by atoms with Crippen LogP contribution in [0.2, 0.25) is 0 Å². The van der Waals surface area contributed by atoms with Crippen molar-refractivity contribution in [3.05, 3.63) is 47.2 Å². The number of ether oxygens (including phenoxy) is 2. The van der Waals surface area contributed by atoms with Crippen molar-refractivity contribution in [3.63, 3.8) is 0 Å². The Hall–Kier alpha value is -1.40. The second-order valence-corrected chi connectivity index (χ2v) is 6.37. The Morgan fingerprint density at radius 3 is 2.38 bits per heavy atom. The van der Waals surface area contributed by atoms with Crippen LogP contribution in [0.4, 0.5) is 5.69 Å². The van der Waals surface area contributed by atoms with E-state index in [1.54, 1.807) is 24.3 Å². The van der Waals surface area contributed by atoms with Gasteiger partial charge in [0.05, 0.1) is 18.9 Å². The van der Waals surface area contributed by atoms with E-state index < -0.39 is 0 Å². The maximum atomic E-state index is 10.8.